The predicted octanol–water partition coefficient (Wildman–Crippen LogP) is 4.32. The summed E-state index contributed by atoms with van der Waals surface area (Å²) in [5.41, 5.74) is 0.498. The van der Waals surface area contributed by atoms with Crippen molar-refractivity contribution in [2.45, 2.75) is 84.5 Å². The van der Waals surface area contributed by atoms with Crippen molar-refractivity contribution in [1.29, 1.82) is 0 Å². The van der Waals surface area contributed by atoms with E-state index in [1.54, 1.807) is 0 Å². The fourth-order valence-corrected chi connectivity index (χ4v) is 5.75. The first-order valence-corrected chi connectivity index (χ1v) is 10.2. The van der Waals surface area contributed by atoms with Crippen molar-refractivity contribution in [2.75, 3.05) is 0 Å². The molecule has 146 valence electrons. The molecule has 1 saturated carbocycles. The van der Waals surface area contributed by atoms with E-state index < -0.39 is 5.60 Å². The molecule has 2 saturated heterocycles. The number of rotatable bonds is 2. The Bertz CT molecular complexity index is 595. The van der Waals surface area contributed by atoms with Crippen molar-refractivity contribution in [3.05, 3.63) is 12.2 Å². The molecule has 2 bridgehead atoms. The van der Waals surface area contributed by atoms with Gasteiger partial charge in [-0.2, -0.15) is 0 Å². The number of hydrogen-bond donors (Lipinski definition) is 0. The Kier molecular flexibility index (Phi) is 5.35. The standard InChI is InChI=1S/C22H34O4/c1-12(2)16-8-7-13(3)19-18-11-14(4)17(24)9-10-22(6,26-15(5)23)21(25-18)20(16)19/h12,14,16,18-21H,3,7-11H2,1-2,4-6H3/t14-,16+,18+,19+,20+,21+,22?/m0/s1. The normalized spacial score (nSPS) is 43.5. The molecule has 0 aromatic carbocycles. The van der Waals surface area contributed by atoms with Crippen LogP contribution >= 0.6 is 0 Å². The van der Waals surface area contributed by atoms with Crippen LogP contribution in [0.4, 0.5) is 0 Å². The summed E-state index contributed by atoms with van der Waals surface area (Å²) in [5, 5.41) is 0. The van der Waals surface area contributed by atoms with Crippen LogP contribution < -0.4 is 0 Å². The first-order chi connectivity index (χ1) is 12.1. The lowest BCUT2D eigenvalue weighted by Crippen LogP contribution is -2.50. The molecule has 3 aliphatic rings. The van der Waals surface area contributed by atoms with E-state index in [2.05, 4.69) is 20.4 Å². The highest BCUT2D eigenvalue weighted by atomic mass is 16.6. The van der Waals surface area contributed by atoms with Gasteiger partial charge in [0.2, 0.25) is 0 Å². The van der Waals surface area contributed by atoms with Crippen molar-refractivity contribution in [3.63, 3.8) is 0 Å². The average molecular weight is 363 g/mol. The molecule has 3 rings (SSSR count). The number of ether oxygens (including phenoxy) is 2. The number of esters is 1. The highest BCUT2D eigenvalue weighted by Crippen LogP contribution is 2.55. The second kappa shape index (κ2) is 7.10. The van der Waals surface area contributed by atoms with Gasteiger partial charge < -0.3 is 9.47 Å². The van der Waals surface area contributed by atoms with Crippen LogP contribution in [-0.2, 0) is 19.1 Å². The molecule has 4 nitrogen and oxygen atoms in total. The quantitative estimate of drug-likeness (QED) is 0.542. The lowest BCUT2D eigenvalue weighted by atomic mass is 9.61. The molecule has 2 heterocycles. The lowest BCUT2D eigenvalue weighted by Gasteiger charge is -2.45. The van der Waals surface area contributed by atoms with E-state index in [1.165, 1.54) is 12.5 Å². The van der Waals surface area contributed by atoms with Crippen LogP contribution in [0.2, 0.25) is 0 Å². The van der Waals surface area contributed by atoms with Crippen LogP contribution in [-0.4, -0.2) is 29.6 Å². The summed E-state index contributed by atoms with van der Waals surface area (Å²) in [6.45, 7) is 14.4. The van der Waals surface area contributed by atoms with Gasteiger partial charge in [0.05, 0.1) is 6.10 Å². The summed E-state index contributed by atoms with van der Waals surface area (Å²) in [4.78, 5) is 24.4. The van der Waals surface area contributed by atoms with Crippen LogP contribution in [0, 0.1) is 29.6 Å². The van der Waals surface area contributed by atoms with Crippen LogP contribution in [0.25, 0.3) is 0 Å². The van der Waals surface area contributed by atoms with E-state index in [1.807, 2.05) is 13.8 Å². The number of ketones is 1. The largest absolute Gasteiger partial charge is 0.457 e. The monoisotopic (exact) mass is 362 g/mol. The molecular formula is C22H34O4. The molecule has 0 spiro atoms. The van der Waals surface area contributed by atoms with Crippen LogP contribution in [0.3, 0.4) is 0 Å². The Morgan fingerprint density at radius 3 is 2.65 bits per heavy atom. The van der Waals surface area contributed by atoms with Crippen molar-refractivity contribution < 1.29 is 19.1 Å². The third-order valence-corrected chi connectivity index (χ3v) is 7.09. The first-order valence-electron chi connectivity index (χ1n) is 10.2. The van der Waals surface area contributed by atoms with Gasteiger partial charge in [-0.3, -0.25) is 9.59 Å². The highest BCUT2D eigenvalue weighted by molar-refractivity contribution is 5.81. The Labute approximate surface area is 157 Å². The smallest absolute Gasteiger partial charge is 0.303 e. The number of carbonyl (C=O) groups is 2. The number of carbonyl (C=O) groups excluding carboxylic acids is 2. The maximum Gasteiger partial charge on any atom is 0.303 e. The minimum atomic E-state index is -0.756. The van der Waals surface area contributed by atoms with Crippen molar-refractivity contribution >= 4 is 11.8 Å². The molecule has 2 aliphatic heterocycles. The molecule has 7 atom stereocenters. The molecule has 0 aromatic rings. The summed E-state index contributed by atoms with van der Waals surface area (Å²) in [5.74, 6) is 1.58. The van der Waals surface area contributed by atoms with Crippen molar-refractivity contribution in [2.24, 2.45) is 29.6 Å². The molecule has 0 amide bonds. The molecule has 3 fully saturated rings. The van der Waals surface area contributed by atoms with Gasteiger partial charge >= 0.3 is 5.97 Å². The average Bonchev–Trinajstić information content (AvgIpc) is 2.93. The van der Waals surface area contributed by atoms with E-state index in [0.717, 1.165) is 19.3 Å². The third kappa shape index (κ3) is 3.37. The van der Waals surface area contributed by atoms with Gasteiger partial charge in [-0.15, -0.1) is 0 Å². The Morgan fingerprint density at radius 1 is 1.35 bits per heavy atom. The molecule has 0 aromatic heterocycles. The SMILES string of the molecule is C=C1CC[C@H](C(C)C)[C@@H]2[C@H]1[C@H]1C[C@H](C)C(=O)CCC(C)(OC(C)=O)[C@@H]2O1. The Hall–Kier alpha value is -1.16. The van der Waals surface area contributed by atoms with Crippen molar-refractivity contribution in [1.82, 2.24) is 0 Å². The minimum absolute atomic E-state index is 0.00554. The number of hydrogen-bond acceptors (Lipinski definition) is 4. The zero-order valence-corrected chi connectivity index (χ0v) is 16.9. The van der Waals surface area contributed by atoms with E-state index in [4.69, 9.17) is 9.47 Å². The van der Waals surface area contributed by atoms with E-state index in [0.29, 0.717) is 30.6 Å². The number of Topliss-reactive ketones (excluding diaryl/α,β-unsaturated/α-hetero) is 1. The first kappa shape index (κ1) is 19.6. The van der Waals surface area contributed by atoms with E-state index >= 15 is 0 Å². The maximum absolute atomic E-state index is 12.6. The van der Waals surface area contributed by atoms with Gasteiger partial charge in [0, 0.05) is 31.1 Å². The summed E-state index contributed by atoms with van der Waals surface area (Å²) in [6.07, 6.45) is 3.72. The van der Waals surface area contributed by atoms with Gasteiger partial charge in [-0.05, 0) is 44.4 Å². The summed E-state index contributed by atoms with van der Waals surface area (Å²) in [6, 6.07) is 0. The Balaban J connectivity index is 2.05. The molecule has 4 heteroatoms. The Morgan fingerprint density at radius 2 is 2.04 bits per heavy atom. The number of fused-ring (bicyclic) bond motifs is 5. The zero-order valence-electron chi connectivity index (χ0n) is 16.9. The van der Waals surface area contributed by atoms with Crippen LogP contribution in [0.1, 0.15) is 66.7 Å². The van der Waals surface area contributed by atoms with Gasteiger partial charge in [0.1, 0.15) is 17.5 Å². The molecule has 1 unspecified atom stereocenters. The molecule has 1 aliphatic carbocycles. The fraction of sp³-hybridized carbons (Fsp3) is 0.818. The van der Waals surface area contributed by atoms with Crippen LogP contribution in [0.5, 0.6) is 0 Å². The molecule has 0 N–H and O–H groups in total. The lowest BCUT2D eigenvalue weighted by molar-refractivity contribution is -0.179. The highest BCUT2D eigenvalue weighted by Gasteiger charge is 2.58. The third-order valence-electron chi connectivity index (χ3n) is 7.09. The van der Waals surface area contributed by atoms with Crippen LogP contribution in [0.15, 0.2) is 12.2 Å². The summed E-state index contributed by atoms with van der Waals surface area (Å²) < 4.78 is 12.5. The minimum Gasteiger partial charge on any atom is -0.457 e. The van der Waals surface area contributed by atoms with Gasteiger partial charge in [-0.25, -0.2) is 0 Å². The van der Waals surface area contributed by atoms with Crippen molar-refractivity contribution in [3.8, 4) is 0 Å². The van der Waals surface area contributed by atoms with Gasteiger partial charge in [0.25, 0.3) is 0 Å². The second-order valence-corrected chi connectivity index (χ2v) is 9.31. The summed E-state index contributed by atoms with van der Waals surface area (Å²) in [7, 11) is 0. The zero-order chi connectivity index (χ0) is 19.2. The van der Waals surface area contributed by atoms with E-state index in [9.17, 15) is 9.59 Å². The van der Waals surface area contributed by atoms with Gasteiger partial charge in [-0.1, -0.05) is 32.9 Å². The molecule has 26 heavy (non-hydrogen) atoms. The second-order valence-electron chi connectivity index (χ2n) is 9.31. The molecular weight excluding hydrogens is 328 g/mol. The predicted molar refractivity (Wildman–Crippen MR) is 101 cm³/mol. The topological polar surface area (TPSA) is 52.6 Å². The molecule has 0 radical (unpaired) electrons. The van der Waals surface area contributed by atoms with E-state index in [-0.39, 0.29) is 35.8 Å². The fourth-order valence-electron chi connectivity index (χ4n) is 5.75. The summed E-state index contributed by atoms with van der Waals surface area (Å²) >= 11 is 0. The van der Waals surface area contributed by atoms with Gasteiger partial charge in [0.15, 0.2) is 0 Å². The maximum atomic E-state index is 12.6.